The van der Waals surface area contributed by atoms with Crippen molar-refractivity contribution in [2.75, 3.05) is 6.61 Å². The van der Waals surface area contributed by atoms with Gasteiger partial charge in [0, 0.05) is 5.56 Å². The molecular weight excluding hydrogens is 286 g/mol. The summed E-state index contributed by atoms with van der Waals surface area (Å²) in [6.07, 6.45) is 1.67. The van der Waals surface area contributed by atoms with Crippen LogP contribution in [0, 0.1) is 6.92 Å². The summed E-state index contributed by atoms with van der Waals surface area (Å²) in [7, 11) is 0. The van der Waals surface area contributed by atoms with Crippen molar-refractivity contribution in [2.45, 2.75) is 33.6 Å². The fourth-order valence-corrected chi connectivity index (χ4v) is 3.21. The molecule has 0 aliphatic carbocycles. The van der Waals surface area contributed by atoms with Gasteiger partial charge in [-0.2, -0.15) is 0 Å². The Morgan fingerprint density at radius 1 is 1.38 bits per heavy atom. The number of rotatable bonds is 5. The number of esters is 1. The lowest BCUT2D eigenvalue weighted by molar-refractivity contribution is 0.0530. The first-order chi connectivity index (χ1) is 10.1. The van der Waals surface area contributed by atoms with Crippen LogP contribution >= 0.6 is 11.3 Å². The zero-order chi connectivity index (χ0) is 15.4. The highest BCUT2D eigenvalue weighted by atomic mass is 32.1. The first kappa shape index (κ1) is 15.5. The smallest absolute Gasteiger partial charge is 0.350 e. The molecule has 0 spiro atoms. The maximum absolute atomic E-state index is 12.0. The molecule has 0 fully saturated rings. The lowest BCUT2D eigenvalue weighted by atomic mass is 10.1. The van der Waals surface area contributed by atoms with Crippen molar-refractivity contribution in [2.24, 2.45) is 0 Å². The van der Waals surface area contributed by atoms with Gasteiger partial charge < -0.3 is 9.84 Å². The quantitative estimate of drug-likeness (QED) is 0.850. The van der Waals surface area contributed by atoms with Crippen LogP contribution in [0.15, 0.2) is 18.2 Å². The largest absolute Gasteiger partial charge is 0.508 e. The highest BCUT2D eigenvalue weighted by Crippen LogP contribution is 2.32. The normalized spacial score (nSPS) is 10.6. The molecule has 0 amide bonds. The predicted molar refractivity (Wildman–Crippen MR) is 83.9 cm³/mol. The van der Waals surface area contributed by atoms with Gasteiger partial charge in [0.15, 0.2) is 0 Å². The van der Waals surface area contributed by atoms with Crippen LogP contribution in [0.4, 0.5) is 0 Å². The summed E-state index contributed by atoms with van der Waals surface area (Å²) in [6.45, 7) is 6.12. The van der Waals surface area contributed by atoms with Gasteiger partial charge in [-0.15, -0.1) is 11.3 Å². The number of thiazole rings is 1. The van der Waals surface area contributed by atoms with Gasteiger partial charge in [-0.3, -0.25) is 0 Å². The minimum absolute atomic E-state index is 0.229. The molecule has 1 N–H and O–H groups in total. The molecule has 0 atom stereocenters. The van der Waals surface area contributed by atoms with Gasteiger partial charge in [-0.05, 0) is 44.0 Å². The molecule has 0 saturated heterocycles. The Balaban J connectivity index is 2.45. The fourth-order valence-electron chi connectivity index (χ4n) is 2.12. The van der Waals surface area contributed by atoms with Gasteiger partial charge in [0.05, 0.1) is 12.3 Å². The molecule has 0 unspecified atom stereocenters. The first-order valence-corrected chi connectivity index (χ1v) is 7.85. The van der Waals surface area contributed by atoms with Gasteiger partial charge >= 0.3 is 5.97 Å². The Labute approximate surface area is 128 Å². The fraction of sp³-hybridized carbons (Fsp3) is 0.375. The number of carbonyl (C=O) groups excluding carboxylic acids is 1. The van der Waals surface area contributed by atoms with E-state index >= 15 is 0 Å². The SMILES string of the molecule is CCCc1nc(-c2ccc(O)cc2C)sc1C(=O)OCC. The van der Waals surface area contributed by atoms with E-state index in [9.17, 15) is 9.90 Å². The van der Waals surface area contributed by atoms with Crippen molar-refractivity contribution in [1.29, 1.82) is 0 Å². The van der Waals surface area contributed by atoms with Crippen molar-refractivity contribution >= 4 is 17.3 Å². The Hall–Kier alpha value is -1.88. The van der Waals surface area contributed by atoms with Crippen molar-refractivity contribution in [1.82, 2.24) is 4.98 Å². The number of aromatic hydroxyl groups is 1. The number of carbonyl (C=O) groups is 1. The molecule has 2 aromatic rings. The molecule has 5 heteroatoms. The number of phenols is 1. The highest BCUT2D eigenvalue weighted by Gasteiger charge is 2.20. The van der Waals surface area contributed by atoms with Gasteiger partial charge in [0.1, 0.15) is 15.6 Å². The molecule has 0 aliphatic rings. The van der Waals surface area contributed by atoms with Crippen molar-refractivity contribution in [3.05, 3.63) is 34.3 Å². The van der Waals surface area contributed by atoms with E-state index in [1.54, 1.807) is 19.1 Å². The molecule has 0 saturated carbocycles. The lowest BCUT2D eigenvalue weighted by Crippen LogP contribution is -2.05. The summed E-state index contributed by atoms with van der Waals surface area (Å²) in [5.41, 5.74) is 2.66. The molecule has 4 nitrogen and oxygen atoms in total. The Kier molecular flexibility index (Phi) is 4.96. The maximum atomic E-state index is 12.0. The topological polar surface area (TPSA) is 59.4 Å². The van der Waals surface area contributed by atoms with E-state index in [1.807, 2.05) is 13.0 Å². The summed E-state index contributed by atoms with van der Waals surface area (Å²) in [4.78, 5) is 17.2. The number of benzene rings is 1. The number of aryl methyl sites for hydroxylation is 2. The summed E-state index contributed by atoms with van der Waals surface area (Å²) in [5, 5.41) is 10.3. The average Bonchev–Trinajstić information content (AvgIpc) is 2.83. The number of aromatic nitrogens is 1. The summed E-state index contributed by atoms with van der Waals surface area (Å²) >= 11 is 1.35. The first-order valence-electron chi connectivity index (χ1n) is 7.03. The molecule has 2 rings (SSSR count). The van der Waals surface area contributed by atoms with Crippen LogP contribution in [0.2, 0.25) is 0 Å². The van der Waals surface area contributed by atoms with E-state index < -0.39 is 0 Å². The van der Waals surface area contributed by atoms with Crippen LogP contribution < -0.4 is 0 Å². The average molecular weight is 305 g/mol. The van der Waals surface area contributed by atoms with Crippen LogP contribution in [0.1, 0.15) is 41.2 Å². The molecular formula is C16H19NO3S. The minimum atomic E-state index is -0.305. The number of hydrogen-bond donors (Lipinski definition) is 1. The number of hydrogen-bond acceptors (Lipinski definition) is 5. The van der Waals surface area contributed by atoms with Gasteiger partial charge in [0.2, 0.25) is 0 Å². The van der Waals surface area contributed by atoms with E-state index in [1.165, 1.54) is 11.3 Å². The van der Waals surface area contributed by atoms with Crippen molar-refractivity contribution < 1.29 is 14.6 Å². The van der Waals surface area contributed by atoms with Crippen molar-refractivity contribution in [3.63, 3.8) is 0 Å². The van der Waals surface area contributed by atoms with Crippen molar-refractivity contribution in [3.8, 4) is 16.3 Å². The molecule has 112 valence electrons. The third-order valence-electron chi connectivity index (χ3n) is 3.09. The summed E-state index contributed by atoms with van der Waals surface area (Å²) in [5.74, 6) is -0.0756. The molecule has 0 aliphatic heterocycles. The number of ether oxygens (including phenoxy) is 1. The maximum Gasteiger partial charge on any atom is 0.350 e. The molecule has 1 heterocycles. The summed E-state index contributed by atoms with van der Waals surface area (Å²) < 4.78 is 5.10. The second-order valence-electron chi connectivity index (χ2n) is 4.76. The standard InChI is InChI=1S/C16H19NO3S/c1-4-6-13-14(16(19)20-5-2)21-15(17-13)12-8-7-11(18)9-10(12)3/h7-9,18H,4-6H2,1-3H3. The second kappa shape index (κ2) is 6.72. The Morgan fingerprint density at radius 2 is 2.14 bits per heavy atom. The van der Waals surface area contributed by atoms with Gasteiger partial charge in [-0.25, -0.2) is 9.78 Å². The van der Waals surface area contributed by atoms with E-state index in [0.29, 0.717) is 11.5 Å². The molecule has 0 radical (unpaired) electrons. The van der Waals surface area contributed by atoms with Crippen LogP contribution in [-0.4, -0.2) is 22.7 Å². The Morgan fingerprint density at radius 3 is 2.76 bits per heavy atom. The van der Waals surface area contributed by atoms with Crippen LogP contribution in [-0.2, 0) is 11.2 Å². The van der Waals surface area contributed by atoms with Crippen LogP contribution in [0.25, 0.3) is 10.6 Å². The Bertz CT molecular complexity index is 649. The summed E-state index contributed by atoms with van der Waals surface area (Å²) in [6, 6.07) is 5.15. The minimum Gasteiger partial charge on any atom is -0.508 e. The zero-order valence-corrected chi connectivity index (χ0v) is 13.3. The van der Waals surface area contributed by atoms with Crippen LogP contribution in [0.5, 0.6) is 5.75 Å². The predicted octanol–water partition coefficient (Wildman–Crippen LogP) is 3.95. The van der Waals surface area contributed by atoms with E-state index in [0.717, 1.165) is 34.7 Å². The van der Waals surface area contributed by atoms with Crippen LogP contribution in [0.3, 0.4) is 0 Å². The highest BCUT2D eigenvalue weighted by molar-refractivity contribution is 7.17. The molecule has 0 bridgehead atoms. The molecule has 1 aromatic carbocycles. The monoisotopic (exact) mass is 305 g/mol. The second-order valence-corrected chi connectivity index (χ2v) is 5.76. The van der Waals surface area contributed by atoms with Gasteiger partial charge in [-0.1, -0.05) is 13.3 Å². The molecule has 1 aromatic heterocycles. The van der Waals surface area contributed by atoms with Gasteiger partial charge in [0.25, 0.3) is 0 Å². The molecule has 21 heavy (non-hydrogen) atoms. The van der Waals surface area contributed by atoms with E-state index in [2.05, 4.69) is 11.9 Å². The third-order valence-corrected chi connectivity index (χ3v) is 4.20. The number of nitrogens with zero attached hydrogens (tertiary/aromatic N) is 1. The van der Waals surface area contributed by atoms with E-state index in [4.69, 9.17) is 4.74 Å². The van der Waals surface area contributed by atoms with E-state index in [-0.39, 0.29) is 11.7 Å². The third kappa shape index (κ3) is 3.42. The lowest BCUT2D eigenvalue weighted by Gasteiger charge is -2.02. The zero-order valence-electron chi connectivity index (χ0n) is 12.5. The number of phenolic OH excluding ortho intramolecular Hbond substituents is 1.